The maximum atomic E-state index is 12.7. The highest BCUT2D eigenvalue weighted by atomic mass is 16.4. The third kappa shape index (κ3) is 2.90. The Morgan fingerprint density at radius 3 is 2.10 bits per heavy atom. The Morgan fingerprint density at radius 1 is 1.10 bits per heavy atom. The van der Waals surface area contributed by atoms with Gasteiger partial charge in [-0.15, -0.1) is 0 Å². The number of allylic oxidation sites excluding steroid dienone is 2. The van der Waals surface area contributed by atoms with Gasteiger partial charge in [0.2, 0.25) is 5.91 Å². The molecule has 2 bridgehead atoms. The molecule has 6 heteroatoms. The van der Waals surface area contributed by atoms with E-state index in [4.69, 9.17) is 10.5 Å². The number of carbonyl (C=O) groups excluding carboxylic acids is 1. The van der Waals surface area contributed by atoms with Gasteiger partial charge in [-0.1, -0.05) is 12.2 Å². The molecule has 1 N–H and O–H groups in total. The fourth-order valence-electron chi connectivity index (χ4n) is 3.41. The van der Waals surface area contributed by atoms with Gasteiger partial charge in [0.1, 0.15) is 0 Å². The summed E-state index contributed by atoms with van der Waals surface area (Å²) in [7, 11) is 0. The van der Waals surface area contributed by atoms with Crippen LogP contribution in [0.2, 0.25) is 0 Å². The standard InChI is InChI=1S/C15H17N3O3/c16-5-1-7-18(8-2-6-17)14(19)12-10-3-4-11(9-10)13(12)15(20)21/h3-4,10-13H,1-2,7-9H2,(H,20,21)/t10?,11?,12-,13+/m0/s1. The van der Waals surface area contributed by atoms with Gasteiger partial charge in [0.05, 0.1) is 36.8 Å². The van der Waals surface area contributed by atoms with Crippen LogP contribution in [0.4, 0.5) is 0 Å². The van der Waals surface area contributed by atoms with Crippen molar-refractivity contribution in [2.75, 3.05) is 13.1 Å². The zero-order valence-electron chi connectivity index (χ0n) is 11.6. The van der Waals surface area contributed by atoms with Gasteiger partial charge in [-0.3, -0.25) is 9.59 Å². The first-order valence-electron chi connectivity index (χ1n) is 7.04. The number of carboxylic acid groups (broad SMARTS) is 1. The van der Waals surface area contributed by atoms with Gasteiger partial charge in [-0.2, -0.15) is 10.5 Å². The predicted octanol–water partition coefficient (Wildman–Crippen LogP) is 1.17. The molecule has 0 aliphatic heterocycles. The maximum Gasteiger partial charge on any atom is 0.307 e. The van der Waals surface area contributed by atoms with Crippen molar-refractivity contribution in [3.05, 3.63) is 12.2 Å². The maximum absolute atomic E-state index is 12.7. The van der Waals surface area contributed by atoms with Crippen LogP contribution in [-0.4, -0.2) is 35.0 Å². The lowest BCUT2D eigenvalue weighted by Crippen LogP contribution is -2.43. The zero-order valence-corrected chi connectivity index (χ0v) is 11.6. The Balaban J connectivity index is 2.15. The van der Waals surface area contributed by atoms with Crippen molar-refractivity contribution in [3.8, 4) is 12.1 Å². The van der Waals surface area contributed by atoms with Crippen LogP contribution in [0.5, 0.6) is 0 Å². The Hall–Kier alpha value is -2.34. The Bertz CT molecular complexity index is 525. The molecular formula is C15H17N3O3. The molecule has 1 fully saturated rings. The molecule has 2 aliphatic rings. The molecule has 0 saturated heterocycles. The molecule has 2 aliphatic carbocycles. The van der Waals surface area contributed by atoms with E-state index in [9.17, 15) is 14.7 Å². The number of aliphatic carboxylic acids is 1. The van der Waals surface area contributed by atoms with Gasteiger partial charge < -0.3 is 10.0 Å². The molecule has 0 spiro atoms. The smallest absolute Gasteiger partial charge is 0.307 e. The van der Waals surface area contributed by atoms with Crippen molar-refractivity contribution in [2.24, 2.45) is 23.7 Å². The molecule has 0 aromatic rings. The number of hydrogen-bond acceptors (Lipinski definition) is 4. The van der Waals surface area contributed by atoms with E-state index < -0.39 is 17.8 Å². The molecule has 1 amide bonds. The number of carboxylic acids is 1. The van der Waals surface area contributed by atoms with Crippen LogP contribution in [0.3, 0.4) is 0 Å². The summed E-state index contributed by atoms with van der Waals surface area (Å²) >= 11 is 0. The van der Waals surface area contributed by atoms with Gasteiger partial charge in [-0.05, 0) is 18.3 Å². The summed E-state index contributed by atoms with van der Waals surface area (Å²) in [6.45, 7) is 0.502. The Kier molecular flexibility index (Phi) is 4.59. The third-order valence-corrected chi connectivity index (χ3v) is 4.33. The van der Waals surface area contributed by atoms with E-state index >= 15 is 0 Å². The van der Waals surface area contributed by atoms with Crippen LogP contribution in [0.25, 0.3) is 0 Å². The van der Waals surface area contributed by atoms with Crippen molar-refractivity contribution in [1.82, 2.24) is 4.90 Å². The van der Waals surface area contributed by atoms with Crippen molar-refractivity contribution in [2.45, 2.75) is 19.3 Å². The molecule has 110 valence electrons. The number of fused-ring (bicyclic) bond motifs is 2. The largest absolute Gasteiger partial charge is 0.481 e. The van der Waals surface area contributed by atoms with E-state index in [1.807, 2.05) is 24.3 Å². The summed E-state index contributed by atoms with van der Waals surface area (Å²) in [5, 5.41) is 26.7. The highest BCUT2D eigenvalue weighted by molar-refractivity contribution is 5.87. The summed E-state index contributed by atoms with van der Waals surface area (Å²) in [6, 6.07) is 3.96. The van der Waals surface area contributed by atoms with E-state index in [1.54, 1.807) is 0 Å². The normalized spacial score (nSPS) is 28.9. The first-order chi connectivity index (χ1) is 10.1. The molecule has 2 rings (SSSR count). The SMILES string of the molecule is N#CCCN(CCC#N)C(=O)[C@H]1C2C=CC(C2)[C@H]1C(=O)O. The van der Waals surface area contributed by atoms with Crippen molar-refractivity contribution in [3.63, 3.8) is 0 Å². The first-order valence-corrected chi connectivity index (χ1v) is 7.04. The molecule has 1 saturated carbocycles. The quantitative estimate of drug-likeness (QED) is 0.738. The summed E-state index contributed by atoms with van der Waals surface area (Å²) in [6.07, 6.45) is 4.90. The number of hydrogen-bond donors (Lipinski definition) is 1. The lowest BCUT2D eigenvalue weighted by molar-refractivity contribution is -0.151. The summed E-state index contributed by atoms with van der Waals surface area (Å²) in [5.41, 5.74) is 0. The second kappa shape index (κ2) is 6.41. The molecule has 6 nitrogen and oxygen atoms in total. The minimum atomic E-state index is -0.939. The second-order valence-corrected chi connectivity index (χ2v) is 5.48. The number of nitriles is 2. The number of amides is 1. The third-order valence-electron chi connectivity index (χ3n) is 4.33. The first kappa shape index (κ1) is 15.1. The van der Waals surface area contributed by atoms with Crippen LogP contribution in [0.15, 0.2) is 12.2 Å². The number of rotatable bonds is 6. The number of carbonyl (C=O) groups is 2. The van der Waals surface area contributed by atoms with Crippen molar-refractivity contribution < 1.29 is 14.7 Å². The van der Waals surface area contributed by atoms with Crippen LogP contribution >= 0.6 is 0 Å². The molecule has 0 radical (unpaired) electrons. The minimum Gasteiger partial charge on any atom is -0.481 e. The van der Waals surface area contributed by atoms with E-state index in [0.717, 1.165) is 0 Å². The fraction of sp³-hybridized carbons (Fsp3) is 0.600. The summed E-state index contributed by atoms with van der Waals surface area (Å²) in [4.78, 5) is 25.6. The topological polar surface area (TPSA) is 105 Å². The molecule has 0 aromatic heterocycles. The van der Waals surface area contributed by atoms with E-state index in [1.165, 1.54) is 4.90 Å². The van der Waals surface area contributed by atoms with Gasteiger partial charge >= 0.3 is 5.97 Å². The van der Waals surface area contributed by atoms with Crippen LogP contribution in [-0.2, 0) is 9.59 Å². The van der Waals surface area contributed by atoms with E-state index in [-0.39, 0.29) is 43.7 Å². The lowest BCUT2D eigenvalue weighted by Gasteiger charge is -2.30. The predicted molar refractivity (Wildman–Crippen MR) is 72.4 cm³/mol. The molecule has 21 heavy (non-hydrogen) atoms. The molecular weight excluding hydrogens is 270 g/mol. The van der Waals surface area contributed by atoms with Gasteiger partial charge in [0, 0.05) is 13.1 Å². The van der Waals surface area contributed by atoms with E-state index in [0.29, 0.717) is 6.42 Å². The van der Waals surface area contributed by atoms with Gasteiger partial charge in [-0.25, -0.2) is 0 Å². The average Bonchev–Trinajstić information content (AvgIpc) is 3.07. The zero-order chi connectivity index (χ0) is 15.4. The minimum absolute atomic E-state index is 0.0322. The molecule has 4 atom stereocenters. The van der Waals surface area contributed by atoms with Crippen molar-refractivity contribution >= 4 is 11.9 Å². The Labute approximate surface area is 123 Å². The highest BCUT2D eigenvalue weighted by Gasteiger charge is 2.52. The highest BCUT2D eigenvalue weighted by Crippen LogP contribution is 2.48. The van der Waals surface area contributed by atoms with Gasteiger partial charge in [0.15, 0.2) is 0 Å². The van der Waals surface area contributed by atoms with Gasteiger partial charge in [0.25, 0.3) is 0 Å². The van der Waals surface area contributed by atoms with Crippen LogP contribution in [0.1, 0.15) is 19.3 Å². The number of nitrogens with zero attached hydrogens (tertiary/aromatic N) is 3. The molecule has 2 unspecified atom stereocenters. The summed E-state index contributed by atoms with van der Waals surface area (Å²) in [5.74, 6) is -2.52. The molecule has 0 heterocycles. The fourth-order valence-corrected chi connectivity index (χ4v) is 3.41. The van der Waals surface area contributed by atoms with Crippen molar-refractivity contribution in [1.29, 1.82) is 10.5 Å². The summed E-state index contributed by atoms with van der Waals surface area (Å²) < 4.78 is 0. The van der Waals surface area contributed by atoms with E-state index in [2.05, 4.69) is 0 Å². The van der Waals surface area contributed by atoms with Crippen LogP contribution in [0, 0.1) is 46.3 Å². The molecule has 0 aromatic carbocycles. The second-order valence-electron chi connectivity index (χ2n) is 5.48. The lowest BCUT2D eigenvalue weighted by atomic mass is 9.82. The average molecular weight is 287 g/mol. The Morgan fingerprint density at radius 2 is 1.62 bits per heavy atom. The monoisotopic (exact) mass is 287 g/mol. The van der Waals surface area contributed by atoms with Crippen LogP contribution < -0.4 is 0 Å².